The van der Waals surface area contributed by atoms with E-state index in [9.17, 15) is 14.7 Å². The van der Waals surface area contributed by atoms with E-state index < -0.39 is 17.3 Å². The molecule has 31 heavy (non-hydrogen) atoms. The number of nitrogens with one attached hydrogen (secondary N) is 2. The van der Waals surface area contributed by atoms with Crippen LogP contribution in [0.4, 0.5) is 0 Å². The summed E-state index contributed by atoms with van der Waals surface area (Å²) in [6, 6.07) is 14.8. The largest absolute Gasteiger partial charge is 0.494 e. The van der Waals surface area contributed by atoms with Crippen LogP contribution in [-0.2, 0) is 6.42 Å². The Morgan fingerprint density at radius 3 is 2.68 bits per heavy atom. The molecule has 0 saturated heterocycles. The predicted octanol–water partition coefficient (Wildman–Crippen LogP) is 2.99. The van der Waals surface area contributed by atoms with Crippen LogP contribution in [0.2, 0.25) is 0 Å². The number of aromatic hydroxyl groups is 1. The summed E-state index contributed by atoms with van der Waals surface area (Å²) in [6.45, 7) is 5.39. The van der Waals surface area contributed by atoms with Crippen LogP contribution in [0.3, 0.4) is 0 Å². The molecule has 2 aromatic heterocycles. The lowest BCUT2D eigenvalue weighted by atomic mass is 9.93. The standard InChI is InChI=1S/C24H24N4O3/c1-3-27-12-11-17-16-9-4-5-10-18(16)25-20(17)21(27)19-22(29)26-24(31)28(23(19)30)15-8-6-7-14(2)13-15/h4-10,13,21,25,30H,3,11-12H2,1-2H3,(H,26,29,31). The second kappa shape index (κ2) is 7.28. The Balaban J connectivity index is 1.79. The molecule has 0 aliphatic carbocycles. The van der Waals surface area contributed by atoms with Gasteiger partial charge in [-0.05, 0) is 49.2 Å². The van der Waals surface area contributed by atoms with Gasteiger partial charge in [-0.15, -0.1) is 0 Å². The van der Waals surface area contributed by atoms with E-state index in [1.807, 2.05) is 44.2 Å². The molecule has 0 saturated carbocycles. The van der Waals surface area contributed by atoms with Crippen LogP contribution < -0.4 is 11.2 Å². The van der Waals surface area contributed by atoms with Gasteiger partial charge in [-0.2, -0.15) is 0 Å². The molecule has 2 aromatic carbocycles. The molecule has 0 bridgehead atoms. The highest BCUT2D eigenvalue weighted by molar-refractivity contribution is 5.85. The third-order valence-corrected chi connectivity index (χ3v) is 6.19. The average molecular weight is 416 g/mol. The monoisotopic (exact) mass is 416 g/mol. The Labute approximate surface area is 178 Å². The lowest BCUT2D eigenvalue weighted by molar-refractivity contribution is 0.215. The van der Waals surface area contributed by atoms with E-state index >= 15 is 0 Å². The lowest BCUT2D eigenvalue weighted by Gasteiger charge is -2.35. The van der Waals surface area contributed by atoms with Crippen LogP contribution in [0.1, 0.15) is 35.3 Å². The first kappa shape index (κ1) is 19.4. The summed E-state index contributed by atoms with van der Waals surface area (Å²) in [6.07, 6.45) is 0.847. The molecule has 5 rings (SSSR count). The number of para-hydroxylation sites is 1. The van der Waals surface area contributed by atoms with Crippen molar-refractivity contribution in [1.82, 2.24) is 19.4 Å². The smallest absolute Gasteiger partial charge is 0.335 e. The van der Waals surface area contributed by atoms with Crippen molar-refractivity contribution >= 4 is 10.9 Å². The first-order valence-corrected chi connectivity index (χ1v) is 10.5. The molecule has 1 atom stereocenters. The highest BCUT2D eigenvalue weighted by Crippen LogP contribution is 2.39. The topological polar surface area (TPSA) is 94.1 Å². The fraction of sp³-hybridized carbons (Fsp3) is 0.250. The minimum absolute atomic E-state index is 0.176. The van der Waals surface area contributed by atoms with Gasteiger partial charge >= 0.3 is 5.69 Å². The molecule has 0 spiro atoms. The van der Waals surface area contributed by atoms with Crippen molar-refractivity contribution in [3.8, 4) is 11.6 Å². The SMILES string of the molecule is CCN1CCc2c([nH]c3ccccc23)C1c1c(O)n(-c2cccc(C)c2)c(=O)[nH]c1=O. The molecule has 3 heterocycles. The Morgan fingerprint density at radius 1 is 1.10 bits per heavy atom. The van der Waals surface area contributed by atoms with Crippen molar-refractivity contribution in [2.75, 3.05) is 13.1 Å². The lowest BCUT2D eigenvalue weighted by Crippen LogP contribution is -2.41. The van der Waals surface area contributed by atoms with E-state index in [1.165, 1.54) is 4.57 Å². The molecular weight excluding hydrogens is 392 g/mol. The number of aryl methyl sites for hydroxylation is 1. The Bertz CT molecular complexity index is 1410. The Hall–Kier alpha value is -3.58. The number of aromatic amines is 2. The summed E-state index contributed by atoms with van der Waals surface area (Å²) in [4.78, 5) is 33.7. The fourth-order valence-corrected chi connectivity index (χ4v) is 4.75. The molecule has 0 fully saturated rings. The molecular formula is C24H24N4O3. The molecule has 7 nitrogen and oxygen atoms in total. The summed E-state index contributed by atoms with van der Waals surface area (Å²) in [5.41, 5.74) is 3.45. The van der Waals surface area contributed by atoms with Crippen molar-refractivity contribution < 1.29 is 5.11 Å². The van der Waals surface area contributed by atoms with Gasteiger partial charge in [0.05, 0.1) is 11.7 Å². The van der Waals surface area contributed by atoms with Crippen LogP contribution in [0.5, 0.6) is 5.88 Å². The first-order valence-electron chi connectivity index (χ1n) is 10.5. The number of H-pyrrole nitrogens is 2. The third-order valence-electron chi connectivity index (χ3n) is 6.19. The number of aromatic nitrogens is 3. The van der Waals surface area contributed by atoms with Gasteiger partial charge in [0.2, 0.25) is 5.88 Å². The van der Waals surface area contributed by atoms with Crippen molar-refractivity contribution in [2.24, 2.45) is 0 Å². The van der Waals surface area contributed by atoms with Crippen LogP contribution in [-0.4, -0.2) is 37.6 Å². The van der Waals surface area contributed by atoms with Crippen molar-refractivity contribution in [2.45, 2.75) is 26.3 Å². The number of hydrogen-bond donors (Lipinski definition) is 3. The summed E-state index contributed by atoms with van der Waals surface area (Å²) >= 11 is 0. The number of nitrogens with zero attached hydrogens (tertiary/aromatic N) is 2. The maximum Gasteiger partial charge on any atom is 0.335 e. The van der Waals surface area contributed by atoms with Crippen molar-refractivity contribution in [1.29, 1.82) is 0 Å². The maximum absolute atomic E-state index is 13.0. The zero-order valence-corrected chi connectivity index (χ0v) is 17.5. The highest BCUT2D eigenvalue weighted by atomic mass is 16.3. The van der Waals surface area contributed by atoms with Gasteiger partial charge in [-0.25, -0.2) is 9.36 Å². The van der Waals surface area contributed by atoms with E-state index in [-0.39, 0.29) is 11.4 Å². The van der Waals surface area contributed by atoms with Crippen LogP contribution in [0.25, 0.3) is 16.6 Å². The summed E-state index contributed by atoms with van der Waals surface area (Å²) in [5.74, 6) is -0.325. The van der Waals surface area contributed by atoms with Crippen LogP contribution >= 0.6 is 0 Å². The van der Waals surface area contributed by atoms with Gasteiger partial charge in [0, 0.05) is 23.1 Å². The molecule has 158 valence electrons. The minimum Gasteiger partial charge on any atom is -0.494 e. The second-order valence-corrected chi connectivity index (χ2v) is 8.01. The van der Waals surface area contributed by atoms with Gasteiger partial charge in [0.25, 0.3) is 5.56 Å². The molecule has 7 heteroatoms. The molecule has 0 radical (unpaired) electrons. The van der Waals surface area contributed by atoms with Crippen molar-refractivity contribution in [3.05, 3.63) is 91.8 Å². The Morgan fingerprint density at radius 2 is 1.90 bits per heavy atom. The molecule has 1 aliphatic rings. The van der Waals surface area contributed by atoms with Crippen LogP contribution in [0, 0.1) is 6.92 Å². The van der Waals surface area contributed by atoms with E-state index in [4.69, 9.17) is 0 Å². The summed E-state index contributed by atoms with van der Waals surface area (Å²) < 4.78 is 1.18. The number of fused-ring (bicyclic) bond motifs is 3. The van der Waals surface area contributed by atoms with Gasteiger partial charge in [0.15, 0.2) is 0 Å². The molecule has 3 N–H and O–H groups in total. The Kier molecular flexibility index (Phi) is 4.55. The third kappa shape index (κ3) is 3.00. The molecule has 0 amide bonds. The van der Waals surface area contributed by atoms with E-state index in [1.54, 1.807) is 12.1 Å². The number of likely N-dealkylation sites (N-methyl/N-ethyl adjacent to an activating group) is 1. The highest BCUT2D eigenvalue weighted by Gasteiger charge is 2.35. The molecule has 1 aliphatic heterocycles. The zero-order chi connectivity index (χ0) is 21.7. The van der Waals surface area contributed by atoms with Crippen molar-refractivity contribution in [3.63, 3.8) is 0 Å². The predicted molar refractivity (Wildman–Crippen MR) is 120 cm³/mol. The second-order valence-electron chi connectivity index (χ2n) is 8.01. The normalized spacial score (nSPS) is 16.5. The fourth-order valence-electron chi connectivity index (χ4n) is 4.75. The quantitative estimate of drug-likeness (QED) is 0.479. The van der Waals surface area contributed by atoms with Crippen LogP contribution in [0.15, 0.2) is 58.1 Å². The first-order chi connectivity index (χ1) is 15.0. The molecule has 4 aromatic rings. The van der Waals surface area contributed by atoms with E-state index in [2.05, 4.69) is 20.9 Å². The van der Waals surface area contributed by atoms with E-state index in [0.29, 0.717) is 12.2 Å². The van der Waals surface area contributed by atoms with E-state index in [0.717, 1.165) is 40.7 Å². The van der Waals surface area contributed by atoms with Gasteiger partial charge in [-0.1, -0.05) is 37.3 Å². The summed E-state index contributed by atoms with van der Waals surface area (Å²) in [5, 5.41) is 12.4. The molecule has 1 unspecified atom stereocenters. The van der Waals surface area contributed by atoms with Gasteiger partial charge in [0.1, 0.15) is 5.56 Å². The average Bonchev–Trinajstić information content (AvgIpc) is 3.12. The zero-order valence-electron chi connectivity index (χ0n) is 17.5. The van der Waals surface area contributed by atoms with Gasteiger partial charge in [-0.3, -0.25) is 14.7 Å². The summed E-state index contributed by atoms with van der Waals surface area (Å²) in [7, 11) is 0. The van der Waals surface area contributed by atoms with Gasteiger partial charge < -0.3 is 10.1 Å². The maximum atomic E-state index is 13.0. The number of rotatable bonds is 3. The number of benzene rings is 2. The minimum atomic E-state index is -0.660. The number of hydrogen-bond acceptors (Lipinski definition) is 4.